The summed E-state index contributed by atoms with van der Waals surface area (Å²) in [7, 11) is 0. The maximum atomic E-state index is 13.7. The highest BCUT2D eigenvalue weighted by molar-refractivity contribution is 5.94. The van der Waals surface area contributed by atoms with Crippen molar-refractivity contribution in [1.82, 2.24) is 4.98 Å². The zero-order chi connectivity index (χ0) is 14.5. The first-order chi connectivity index (χ1) is 9.63. The third-order valence-electron chi connectivity index (χ3n) is 3.05. The van der Waals surface area contributed by atoms with E-state index in [1.807, 2.05) is 24.0 Å². The van der Waals surface area contributed by atoms with E-state index in [2.05, 4.69) is 4.98 Å². The average molecular weight is 274 g/mol. The molecule has 0 fully saturated rings. The molecule has 4 nitrogen and oxygen atoms in total. The van der Waals surface area contributed by atoms with Crippen molar-refractivity contribution in [3.63, 3.8) is 0 Å². The van der Waals surface area contributed by atoms with Gasteiger partial charge in [0.25, 0.3) is 0 Å². The summed E-state index contributed by atoms with van der Waals surface area (Å²) >= 11 is 0. The lowest BCUT2D eigenvalue weighted by atomic mass is 10.1. The van der Waals surface area contributed by atoms with Crippen molar-refractivity contribution in [2.75, 3.05) is 11.4 Å². The largest absolute Gasteiger partial charge is 0.478 e. The van der Waals surface area contributed by atoms with Crippen molar-refractivity contribution in [2.24, 2.45) is 0 Å². The number of pyridine rings is 1. The highest BCUT2D eigenvalue weighted by Gasteiger charge is 2.19. The fraction of sp³-hybridized carbons (Fsp3) is 0.200. The van der Waals surface area contributed by atoms with Crippen molar-refractivity contribution in [3.8, 4) is 0 Å². The highest BCUT2D eigenvalue weighted by Crippen LogP contribution is 2.24. The van der Waals surface area contributed by atoms with E-state index in [1.165, 1.54) is 6.07 Å². The van der Waals surface area contributed by atoms with Crippen LogP contribution >= 0.6 is 0 Å². The number of aromatic nitrogens is 1. The van der Waals surface area contributed by atoms with Crippen molar-refractivity contribution in [1.29, 1.82) is 0 Å². The Labute approximate surface area is 116 Å². The number of hydrogen-bond acceptors (Lipinski definition) is 3. The molecule has 0 atom stereocenters. The second-order valence-corrected chi connectivity index (χ2v) is 4.31. The van der Waals surface area contributed by atoms with Crippen LogP contribution in [0.15, 0.2) is 42.7 Å². The molecule has 1 aromatic heterocycles. The van der Waals surface area contributed by atoms with Gasteiger partial charge >= 0.3 is 5.97 Å². The van der Waals surface area contributed by atoms with E-state index in [1.54, 1.807) is 18.5 Å². The number of anilines is 1. The molecule has 1 aromatic carbocycles. The Morgan fingerprint density at radius 3 is 2.60 bits per heavy atom. The Hall–Kier alpha value is -2.43. The molecule has 1 heterocycles. The van der Waals surface area contributed by atoms with Crippen LogP contribution in [0.3, 0.4) is 0 Å². The zero-order valence-corrected chi connectivity index (χ0v) is 11.1. The maximum absolute atomic E-state index is 13.7. The molecular weight excluding hydrogens is 259 g/mol. The standard InChI is InChI=1S/C15H15FN2O2/c1-2-18(10-11-6-8-17-9-7-11)13-5-3-4-12(16)14(13)15(19)20/h3-9H,2,10H2,1H3,(H,19,20). The number of benzene rings is 1. The lowest BCUT2D eigenvalue weighted by Gasteiger charge is -2.25. The summed E-state index contributed by atoms with van der Waals surface area (Å²) in [6.07, 6.45) is 3.35. The van der Waals surface area contributed by atoms with Gasteiger partial charge in [0.1, 0.15) is 11.4 Å². The van der Waals surface area contributed by atoms with Gasteiger partial charge in [-0.25, -0.2) is 9.18 Å². The van der Waals surface area contributed by atoms with Gasteiger partial charge in [0, 0.05) is 25.5 Å². The second kappa shape index (κ2) is 6.14. The van der Waals surface area contributed by atoms with E-state index in [0.717, 1.165) is 11.6 Å². The van der Waals surface area contributed by atoms with Gasteiger partial charge in [-0.15, -0.1) is 0 Å². The summed E-state index contributed by atoms with van der Waals surface area (Å²) in [5, 5.41) is 9.18. The third kappa shape index (κ3) is 2.93. The van der Waals surface area contributed by atoms with Gasteiger partial charge in [-0.2, -0.15) is 0 Å². The minimum Gasteiger partial charge on any atom is -0.478 e. The van der Waals surface area contributed by atoms with Crippen LogP contribution in [-0.2, 0) is 6.54 Å². The van der Waals surface area contributed by atoms with Crippen LogP contribution in [0.4, 0.5) is 10.1 Å². The molecule has 0 radical (unpaired) electrons. The van der Waals surface area contributed by atoms with Crippen molar-refractivity contribution >= 4 is 11.7 Å². The molecule has 0 unspecified atom stereocenters. The minimum absolute atomic E-state index is 0.289. The molecular formula is C15H15FN2O2. The van der Waals surface area contributed by atoms with Crippen LogP contribution in [0.1, 0.15) is 22.8 Å². The summed E-state index contributed by atoms with van der Waals surface area (Å²) < 4.78 is 13.7. The molecule has 0 aliphatic heterocycles. The summed E-state index contributed by atoms with van der Waals surface area (Å²) in [6.45, 7) is 2.98. The van der Waals surface area contributed by atoms with E-state index in [-0.39, 0.29) is 5.56 Å². The predicted molar refractivity (Wildman–Crippen MR) is 74.3 cm³/mol. The molecule has 104 valence electrons. The van der Waals surface area contributed by atoms with Gasteiger partial charge in [0.05, 0.1) is 5.69 Å². The van der Waals surface area contributed by atoms with Gasteiger partial charge in [-0.05, 0) is 36.8 Å². The molecule has 2 rings (SSSR count). The summed E-state index contributed by atoms with van der Waals surface area (Å²) in [5.74, 6) is -1.98. The van der Waals surface area contributed by atoms with Crippen LogP contribution in [0.25, 0.3) is 0 Å². The quantitative estimate of drug-likeness (QED) is 0.910. The number of carbonyl (C=O) groups is 1. The fourth-order valence-electron chi connectivity index (χ4n) is 2.06. The van der Waals surface area contributed by atoms with Gasteiger partial charge in [-0.1, -0.05) is 6.07 Å². The minimum atomic E-state index is -1.26. The molecule has 0 aliphatic carbocycles. The normalized spacial score (nSPS) is 10.3. The van der Waals surface area contributed by atoms with E-state index < -0.39 is 11.8 Å². The second-order valence-electron chi connectivity index (χ2n) is 4.31. The van der Waals surface area contributed by atoms with E-state index in [0.29, 0.717) is 18.8 Å². The fourth-order valence-corrected chi connectivity index (χ4v) is 2.06. The first-order valence-corrected chi connectivity index (χ1v) is 6.29. The number of nitrogens with zero attached hydrogens (tertiary/aromatic N) is 2. The SMILES string of the molecule is CCN(Cc1ccncc1)c1cccc(F)c1C(=O)O. The molecule has 0 spiro atoms. The molecule has 0 bridgehead atoms. The maximum Gasteiger partial charge on any atom is 0.340 e. The van der Waals surface area contributed by atoms with E-state index >= 15 is 0 Å². The number of carboxylic acid groups (broad SMARTS) is 1. The Balaban J connectivity index is 2.37. The van der Waals surface area contributed by atoms with E-state index in [4.69, 9.17) is 0 Å². The van der Waals surface area contributed by atoms with Gasteiger partial charge in [0.15, 0.2) is 0 Å². The number of carboxylic acids is 1. The molecule has 0 aliphatic rings. The smallest absolute Gasteiger partial charge is 0.340 e. The molecule has 20 heavy (non-hydrogen) atoms. The van der Waals surface area contributed by atoms with Crippen molar-refractivity contribution < 1.29 is 14.3 Å². The monoisotopic (exact) mass is 274 g/mol. The molecule has 1 N–H and O–H groups in total. The molecule has 0 amide bonds. The first kappa shape index (κ1) is 14.0. The molecule has 0 saturated heterocycles. The number of halogens is 1. The Kier molecular flexibility index (Phi) is 4.30. The van der Waals surface area contributed by atoms with Crippen LogP contribution in [0, 0.1) is 5.82 Å². The number of aromatic carboxylic acids is 1. The summed E-state index contributed by atoms with van der Waals surface area (Å²) in [6, 6.07) is 8.00. The highest BCUT2D eigenvalue weighted by atomic mass is 19.1. The Bertz CT molecular complexity index is 602. The Morgan fingerprint density at radius 1 is 1.30 bits per heavy atom. The third-order valence-corrected chi connectivity index (χ3v) is 3.05. The topological polar surface area (TPSA) is 53.4 Å². The van der Waals surface area contributed by atoms with Gasteiger partial charge in [0.2, 0.25) is 0 Å². The molecule has 2 aromatic rings. The van der Waals surface area contributed by atoms with E-state index in [9.17, 15) is 14.3 Å². The van der Waals surface area contributed by atoms with Gasteiger partial charge in [-0.3, -0.25) is 4.98 Å². The number of rotatable bonds is 5. The lowest BCUT2D eigenvalue weighted by molar-refractivity contribution is 0.0692. The summed E-state index contributed by atoms with van der Waals surface area (Å²) in [5.41, 5.74) is 1.09. The average Bonchev–Trinajstić information content (AvgIpc) is 2.45. The zero-order valence-electron chi connectivity index (χ0n) is 11.1. The van der Waals surface area contributed by atoms with Crippen LogP contribution < -0.4 is 4.90 Å². The van der Waals surface area contributed by atoms with Gasteiger partial charge < -0.3 is 10.0 Å². The summed E-state index contributed by atoms with van der Waals surface area (Å²) in [4.78, 5) is 17.0. The van der Waals surface area contributed by atoms with Crippen molar-refractivity contribution in [2.45, 2.75) is 13.5 Å². The van der Waals surface area contributed by atoms with Crippen LogP contribution in [-0.4, -0.2) is 22.6 Å². The molecule has 0 saturated carbocycles. The Morgan fingerprint density at radius 2 is 2.00 bits per heavy atom. The molecule has 5 heteroatoms. The van der Waals surface area contributed by atoms with Crippen molar-refractivity contribution in [3.05, 3.63) is 59.7 Å². The number of hydrogen-bond donors (Lipinski definition) is 1. The van der Waals surface area contributed by atoms with Crippen LogP contribution in [0.2, 0.25) is 0 Å². The lowest BCUT2D eigenvalue weighted by Crippen LogP contribution is -2.24. The van der Waals surface area contributed by atoms with Crippen LogP contribution in [0.5, 0.6) is 0 Å². The predicted octanol–water partition coefficient (Wildman–Crippen LogP) is 2.95. The first-order valence-electron chi connectivity index (χ1n) is 6.29.